The van der Waals surface area contributed by atoms with Gasteiger partial charge in [0.2, 0.25) is 0 Å². The highest BCUT2D eigenvalue weighted by Gasteiger charge is 2.25. The molecular formula is C15H25ClN4O. The second-order valence-corrected chi connectivity index (χ2v) is 6.50. The minimum atomic E-state index is -0.184. The summed E-state index contributed by atoms with van der Waals surface area (Å²) in [5.74, 6) is 0.365. The molecule has 0 aromatic carbocycles. The molecule has 0 aliphatic carbocycles. The Morgan fingerprint density at radius 3 is 2.90 bits per heavy atom. The molecule has 0 radical (unpaired) electrons. The van der Waals surface area contributed by atoms with Crippen LogP contribution in [0.3, 0.4) is 0 Å². The second kappa shape index (κ2) is 7.27. The zero-order valence-corrected chi connectivity index (χ0v) is 13.9. The Balaban J connectivity index is 2.30. The van der Waals surface area contributed by atoms with Crippen LogP contribution in [0.2, 0.25) is 5.02 Å². The van der Waals surface area contributed by atoms with Gasteiger partial charge in [-0.1, -0.05) is 25.4 Å². The van der Waals surface area contributed by atoms with Gasteiger partial charge in [0.05, 0.1) is 11.9 Å². The molecule has 1 N–H and O–H groups in total. The Kier molecular flexibility index (Phi) is 5.65. The van der Waals surface area contributed by atoms with E-state index in [9.17, 15) is 4.79 Å². The maximum atomic E-state index is 12.4. The molecule has 1 unspecified atom stereocenters. The highest BCUT2D eigenvalue weighted by atomic mass is 35.5. The van der Waals surface area contributed by atoms with Crippen LogP contribution in [0.25, 0.3) is 0 Å². The molecule has 0 saturated carbocycles. The molecule has 1 aliphatic heterocycles. The summed E-state index contributed by atoms with van der Waals surface area (Å²) in [5.41, 5.74) is 0.596. The standard InChI is InChI=1S/C15H25ClN4O/c1-11(2)10-20-15(21)14(16)13(9-18-20)19-7-5-4-6-12(19)8-17-3/h9,11-12,17H,4-8,10H2,1-3H3. The van der Waals surface area contributed by atoms with Crippen LogP contribution in [0.1, 0.15) is 33.1 Å². The molecule has 2 rings (SSSR count). The molecule has 1 aromatic heterocycles. The smallest absolute Gasteiger partial charge is 0.287 e. The summed E-state index contributed by atoms with van der Waals surface area (Å²) in [5, 5.41) is 7.83. The van der Waals surface area contributed by atoms with Crippen molar-refractivity contribution >= 4 is 17.3 Å². The van der Waals surface area contributed by atoms with Crippen LogP contribution < -0.4 is 15.8 Å². The number of piperidine rings is 1. The van der Waals surface area contributed by atoms with Crippen LogP contribution in [-0.4, -0.2) is 36.0 Å². The quantitative estimate of drug-likeness (QED) is 0.905. The van der Waals surface area contributed by atoms with E-state index in [1.165, 1.54) is 11.1 Å². The van der Waals surface area contributed by atoms with Gasteiger partial charge in [-0.05, 0) is 32.2 Å². The molecule has 0 amide bonds. The van der Waals surface area contributed by atoms with Gasteiger partial charge in [0.15, 0.2) is 0 Å². The maximum Gasteiger partial charge on any atom is 0.287 e. The van der Waals surface area contributed by atoms with Gasteiger partial charge in [-0.25, -0.2) is 4.68 Å². The van der Waals surface area contributed by atoms with Crippen LogP contribution in [0.4, 0.5) is 5.69 Å². The number of hydrogen-bond donors (Lipinski definition) is 1. The summed E-state index contributed by atoms with van der Waals surface area (Å²) in [4.78, 5) is 14.6. The minimum absolute atomic E-state index is 0.184. The van der Waals surface area contributed by atoms with Crippen molar-refractivity contribution in [1.82, 2.24) is 15.1 Å². The lowest BCUT2D eigenvalue weighted by Crippen LogP contribution is -2.46. The fourth-order valence-corrected chi connectivity index (χ4v) is 3.15. The summed E-state index contributed by atoms with van der Waals surface area (Å²) >= 11 is 6.35. The minimum Gasteiger partial charge on any atom is -0.365 e. The average molecular weight is 313 g/mol. The molecule has 21 heavy (non-hydrogen) atoms. The number of nitrogens with one attached hydrogen (secondary N) is 1. The van der Waals surface area contributed by atoms with E-state index in [0.29, 0.717) is 23.5 Å². The van der Waals surface area contributed by atoms with Crippen molar-refractivity contribution in [1.29, 1.82) is 0 Å². The Morgan fingerprint density at radius 2 is 2.24 bits per heavy atom. The predicted molar refractivity (Wildman–Crippen MR) is 87.3 cm³/mol. The average Bonchev–Trinajstić information content (AvgIpc) is 2.45. The maximum absolute atomic E-state index is 12.4. The van der Waals surface area contributed by atoms with Crippen molar-refractivity contribution in [3.05, 3.63) is 21.6 Å². The van der Waals surface area contributed by atoms with E-state index < -0.39 is 0 Å². The largest absolute Gasteiger partial charge is 0.365 e. The molecule has 118 valence electrons. The zero-order valence-electron chi connectivity index (χ0n) is 13.1. The number of anilines is 1. The van der Waals surface area contributed by atoms with Crippen LogP contribution >= 0.6 is 11.6 Å². The van der Waals surface area contributed by atoms with Gasteiger partial charge in [-0.3, -0.25) is 4.79 Å². The fraction of sp³-hybridized carbons (Fsp3) is 0.733. The van der Waals surface area contributed by atoms with E-state index in [0.717, 1.165) is 31.6 Å². The van der Waals surface area contributed by atoms with E-state index in [-0.39, 0.29) is 5.56 Å². The molecule has 5 nitrogen and oxygen atoms in total. The first kappa shape index (κ1) is 16.3. The lowest BCUT2D eigenvalue weighted by molar-refractivity contribution is 0.440. The van der Waals surface area contributed by atoms with Crippen molar-refractivity contribution in [3.8, 4) is 0 Å². The Hall–Kier alpha value is -1.07. The molecule has 6 heteroatoms. The first-order valence-corrected chi connectivity index (χ1v) is 8.09. The number of aromatic nitrogens is 2. The van der Waals surface area contributed by atoms with E-state index >= 15 is 0 Å². The van der Waals surface area contributed by atoms with Crippen molar-refractivity contribution < 1.29 is 0 Å². The third-order valence-corrected chi connectivity index (χ3v) is 4.24. The molecule has 1 fully saturated rings. The molecule has 1 atom stereocenters. The Bertz CT molecular complexity index is 527. The normalized spacial score (nSPS) is 19.3. The Morgan fingerprint density at radius 1 is 1.48 bits per heavy atom. The highest BCUT2D eigenvalue weighted by Crippen LogP contribution is 2.28. The summed E-state index contributed by atoms with van der Waals surface area (Å²) < 4.78 is 1.47. The molecule has 0 spiro atoms. The third kappa shape index (κ3) is 3.77. The lowest BCUT2D eigenvalue weighted by Gasteiger charge is -2.37. The number of nitrogens with zero attached hydrogens (tertiary/aromatic N) is 3. The summed E-state index contributed by atoms with van der Waals surface area (Å²) in [6.07, 6.45) is 5.22. The number of hydrogen-bond acceptors (Lipinski definition) is 4. The summed E-state index contributed by atoms with van der Waals surface area (Å²) in [6, 6.07) is 0.378. The Labute approximate surface area is 131 Å². The van der Waals surface area contributed by atoms with Crippen LogP contribution in [-0.2, 0) is 6.54 Å². The molecule has 1 aromatic rings. The number of likely N-dealkylation sites (N-methyl/N-ethyl adjacent to an activating group) is 1. The zero-order chi connectivity index (χ0) is 15.4. The lowest BCUT2D eigenvalue weighted by atomic mass is 10.0. The third-order valence-electron chi connectivity index (χ3n) is 3.88. The van der Waals surface area contributed by atoms with Gasteiger partial charge < -0.3 is 10.2 Å². The predicted octanol–water partition coefficient (Wildman–Crippen LogP) is 2.13. The summed E-state index contributed by atoms with van der Waals surface area (Å²) in [6.45, 7) is 6.54. The second-order valence-electron chi connectivity index (χ2n) is 6.13. The topological polar surface area (TPSA) is 50.2 Å². The molecule has 1 saturated heterocycles. The SMILES string of the molecule is CNCC1CCCCN1c1cnn(CC(C)C)c(=O)c1Cl. The van der Waals surface area contributed by atoms with Crippen molar-refractivity contribution in [2.45, 2.75) is 45.7 Å². The van der Waals surface area contributed by atoms with Gasteiger partial charge in [-0.15, -0.1) is 0 Å². The van der Waals surface area contributed by atoms with Crippen molar-refractivity contribution in [3.63, 3.8) is 0 Å². The van der Waals surface area contributed by atoms with Crippen LogP contribution in [0.15, 0.2) is 11.0 Å². The van der Waals surface area contributed by atoms with E-state index in [4.69, 9.17) is 11.6 Å². The van der Waals surface area contributed by atoms with Crippen LogP contribution in [0, 0.1) is 5.92 Å². The van der Waals surface area contributed by atoms with E-state index in [2.05, 4.69) is 29.2 Å². The van der Waals surface area contributed by atoms with E-state index in [1.807, 2.05) is 7.05 Å². The van der Waals surface area contributed by atoms with Gasteiger partial charge in [0.1, 0.15) is 5.02 Å². The van der Waals surface area contributed by atoms with E-state index in [1.54, 1.807) is 6.20 Å². The van der Waals surface area contributed by atoms with Crippen molar-refractivity contribution in [2.24, 2.45) is 5.92 Å². The van der Waals surface area contributed by atoms with Crippen LogP contribution in [0.5, 0.6) is 0 Å². The first-order valence-electron chi connectivity index (χ1n) is 7.71. The monoisotopic (exact) mass is 312 g/mol. The molecule has 0 bridgehead atoms. The first-order chi connectivity index (χ1) is 10.0. The molecule has 2 heterocycles. The van der Waals surface area contributed by atoms with Gasteiger partial charge in [-0.2, -0.15) is 5.10 Å². The molecule has 1 aliphatic rings. The molecular weight excluding hydrogens is 288 g/mol. The fourth-order valence-electron chi connectivity index (χ4n) is 2.90. The van der Waals surface area contributed by atoms with Gasteiger partial charge in [0, 0.05) is 25.7 Å². The van der Waals surface area contributed by atoms with Crippen molar-refractivity contribution in [2.75, 3.05) is 25.0 Å². The van der Waals surface area contributed by atoms with Gasteiger partial charge >= 0.3 is 0 Å². The summed E-state index contributed by atoms with van der Waals surface area (Å²) in [7, 11) is 1.95. The number of halogens is 1. The van der Waals surface area contributed by atoms with Gasteiger partial charge in [0.25, 0.3) is 5.56 Å². The number of rotatable bonds is 5. The highest BCUT2D eigenvalue weighted by molar-refractivity contribution is 6.33.